The molecule has 0 saturated carbocycles. The van der Waals surface area contributed by atoms with Gasteiger partial charge in [-0.3, -0.25) is 0 Å². The predicted molar refractivity (Wildman–Crippen MR) is 67.3 cm³/mol. The molecule has 0 saturated heterocycles. The molecule has 0 rings (SSSR count). The molecule has 0 aliphatic heterocycles. The predicted octanol–water partition coefficient (Wildman–Crippen LogP) is 3.22. The van der Waals surface area contributed by atoms with Gasteiger partial charge in [0.1, 0.15) is 0 Å². The first kappa shape index (κ1) is 14.9. The van der Waals surface area contributed by atoms with Gasteiger partial charge in [-0.25, -0.2) is 0 Å². The second kappa shape index (κ2) is 8.12. The zero-order valence-corrected chi connectivity index (χ0v) is 11.2. The maximum absolute atomic E-state index is 5.05. The molecule has 0 aromatic heterocycles. The Hall–Kier alpha value is -0.0800. The third-order valence-electron chi connectivity index (χ3n) is 2.84. The maximum Gasteiger partial charge on any atom is 0.0462 e. The quantitative estimate of drug-likeness (QED) is 0.628. The number of hydrogen-bond donors (Lipinski definition) is 1. The van der Waals surface area contributed by atoms with E-state index in [-0.39, 0.29) is 0 Å². The van der Waals surface area contributed by atoms with E-state index >= 15 is 0 Å². The first-order chi connectivity index (χ1) is 7.02. The first-order valence-corrected chi connectivity index (χ1v) is 6.24. The fraction of sp³-hybridized carbons (Fsp3) is 1.00. The molecule has 0 heterocycles. The first-order valence-electron chi connectivity index (χ1n) is 6.24. The van der Waals surface area contributed by atoms with Gasteiger partial charge in [-0.2, -0.15) is 0 Å². The van der Waals surface area contributed by atoms with Crippen LogP contribution in [0.3, 0.4) is 0 Å². The van der Waals surface area contributed by atoms with E-state index in [1.54, 1.807) is 7.11 Å². The van der Waals surface area contributed by atoms with Crippen LogP contribution in [-0.4, -0.2) is 26.3 Å². The minimum absolute atomic E-state index is 0.372. The van der Waals surface area contributed by atoms with Crippen molar-refractivity contribution in [2.75, 3.05) is 20.3 Å². The van der Waals surface area contributed by atoms with Gasteiger partial charge in [-0.15, -0.1) is 0 Å². The van der Waals surface area contributed by atoms with Gasteiger partial charge in [-0.05, 0) is 24.8 Å². The fourth-order valence-electron chi connectivity index (χ4n) is 1.86. The monoisotopic (exact) mass is 215 g/mol. The summed E-state index contributed by atoms with van der Waals surface area (Å²) >= 11 is 0. The van der Waals surface area contributed by atoms with Crippen LogP contribution in [0.25, 0.3) is 0 Å². The summed E-state index contributed by atoms with van der Waals surface area (Å²) in [6, 6.07) is 0.644. The molecular weight excluding hydrogens is 186 g/mol. The average molecular weight is 215 g/mol. The van der Waals surface area contributed by atoms with Gasteiger partial charge in [0.15, 0.2) is 0 Å². The molecule has 0 aromatic rings. The topological polar surface area (TPSA) is 21.3 Å². The molecule has 0 radical (unpaired) electrons. The molecule has 1 atom stereocenters. The fourth-order valence-corrected chi connectivity index (χ4v) is 1.86. The van der Waals surface area contributed by atoms with Crippen LogP contribution in [0.5, 0.6) is 0 Å². The van der Waals surface area contributed by atoms with Crippen LogP contribution in [0.4, 0.5) is 0 Å². The summed E-state index contributed by atoms with van der Waals surface area (Å²) in [5.74, 6) is 0. The molecule has 2 heteroatoms. The highest BCUT2D eigenvalue weighted by molar-refractivity contribution is 4.79. The minimum atomic E-state index is 0.372. The van der Waals surface area contributed by atoms with Crippen LogP contribution in [-0.2, 0) is 4.74 Å². The number of nitrogens with one attached hydrogen (secondary N) is 1. The van der Waals surface area contributed by atoms with Gasteiger partial charge in [0, 0.05) is 19.8 Å². The van der Waals surface area contributed by atoms with E-state index in [1.165, 1.54) is 25.7 Å². The lowest BCUT2D eigenvalue weighted by atomic mass is 9.83. The molecule has 0 spiro atoms. The Balaban J connectivity index is 3.67. The van der Waals surface area contributed by atoms with Gasteiger partial charge in [0.2, 0.25) is 0 Å². The van der Waals surface area contributed by atoms with E-state index in [1.807, 2.05) is 0 Å². The maximum atomic E-state index is 5.05. The van der Waals surface area contributed by atoms with Crippen molar-refractivity contribution in [3.05, 3.63) is 0 Å². The lowest BCUT2D eigenvalue weighted by Gasteiger charge is -2.31. The van der Waals surface area contributed by atoms with Crippen LogP contribution in [0.15, 0.2) is 0 Å². The van der Waals surface area contributed by atoms with Crippen LogP contribution < -0.4 is 5.32 Å². The molecule has 0 amide bonds. The van der Waals surface area contributed by atoms with E-state index in [0.29, 0.717) is 11.5 Å². The molecule has 0 aliphatic rings. The number of ether oxygens (including phenoxy) is 1. The number of rotatable bonds is 8. The standard InChI is InChI=1S/C13H29NO/c1-6-14-12(13(2,3)4)10-8-7-9-11-15-5/h12,14H,6-11H2,1-5H3. The number of hydrogen-bond acceptors (Lipinski definition) is 2. The lowest BCUT2D eigenvalue weighted by Crippen LogP contribution is -2.40. The summed E-state index contributed by atoms with van der Waals surface area (Å²) in [5.41, 5.74) is 0.372. The van der Waals surface area contributed by atoms with Gasteiger partial charge in [0.25, 0.3) is 0 Å². The summed E-state index contributed by atoms with van der Waals surface area (Å²) in [6.45, 7) is 11.1. The van der Waals surface area contributed by atoms with E-state index < -0.39 is 0 Å². The van der Waals surface area contributed by atoms with Gasteiger partial charge in [-0.1, -0.05) is 40.5 Å². The summed E-state index contributed by atoms with van der Waals surface area (Å²) in [4.78, 5) is 0. The van der Waals surface area contributed by atoms with Gasteiger partial charge < -0.3 is 10.1 Å². The van der Waals surface area contributed by atoms with Crippen LogP contribution >= 0.6 is 0 Å². The van der Waals surface area contributed by atoms with E-state index in [4.69, 9.17) is 4.74 Å². The highest BCUT2D eigenvalue weighted by atomic mass is 16.5. The third kappa shape index (κ3) is 7.80. The molecule has 92 valence electrons. The van der Waals surface area contributed by atoms with Gasteiger partial charge >= 0.3 is 0 Å². The minimum Gasteiger partial charge on any atom is -0.385 e. The van der Waals surface area contributed by atoms with Crippen molar-refractivity contribution >= 4 is 0 Å². The highest BCUT2D eigenvalue weighted by Crippen LogP contribution is 2.23. The van der Waals surface area contributed by atoms with E-state index in [2.05, 4.69) is 33.0 Å². The molecule has 0 aliphatic carbocycles. The molecule has 1 unspecified atom stereocenters. The Bertz CT molecular complexity index is 140. The molecule has 1 N–H and O–H groups in total. The van der Waals surface area contributed by atoms with Crippen molar-refractivity contribution in [1.29, 1.82) is 0 Å². The zero-order chi connectivity index (χ0) is 11.7. The average Bonchev–Trinajstić information content (AvgIpc) is 2.14. The largest absolute Gasteiger partial charge is 0.385 e. The molecular formula is C13H29NO. The third-order valence-corrected chi connectivity index (χ3v) is 2.84. The molecule has 0 aromatic carbocycles. The lowest BCUT2D eigenvalue weighted by molar-refractivity contribution is 0.189. The Morgan fingerprint density at radius 2 is 1.80 bits per heavy atom. The Kier molecular flexibility index (Phi) is 8.07. The molecule has 15 heavy (non-hydrogen) atoms. The van der Waals surface area contributed by atoms with Crippen molar-refractivity contribution in [2.24, 2.45) is 5.41 Å². The second-order valence-corrected chi connectivity index (χ2v) is 5.32. The summed E-state index contributed by atoms with van der Waals surface area (Å²) in [7, 11) is 1.77. The van der Waals surface area contributed by atoms with Crippen molar-refractivity contribution < 1.29 is 4.74 Å². The van der Waals surface area contributed by atoms with Crippen molar-refractivity contribution in [3.63, 3.8) is 0 Å². The number of unbranched alkanes of at least 4 members (excludes halogenated alkanes) is 2. The van der Waals surface area contributed by atoms with Gasteiger partial charge in [0.05, 0.1) is 0 Å². The number of methoxy groups -OCH3 is 1. The SMILES string of the molecule is CCNC(CCCCCOC)C(C)(C)C. The normalized spacial score (nSPS) is 14.2. The summed E-state index contributed by atoms with van der Waals surface area (Å²) < 4.78 is 5.05. The van der Waals surface area contributed by atoms with Crippen molar-refractivity contribution in [3.8, 4) is 0 Å². The second-order valence-electron chi connectivity index (χ2n) is 5.32. The van der Waals surface area contributed by atoms with Crippen LogP contribution in [0, 0.1) is 5.41 Å². The Morgan fingerprint density at radius 1 is 1.13 bits per heavy atom. The smallest absolute Gasteiger partial charge is 0.0462 e. The van der Waals surface area contributed by atoms with E-state index in [9.17, 15) is 0 Å². The van der Waals surface area contributed by atoms with E-state index in [0.717, 1.165) is 13.2 Å². The Labute approximate surface area is 95.8 Å². The Morgan fingerprint density at radius 3 is 2.27 bits per heavy atom. The molecule has 0 bridgehead atoms. The summed E-state index contributed by atoms with van der Waals surface area (Å²) in [5, 5.41) is 3.58. The molecule has 2 nitrogen and oxygen atoms in total. The van der Waals surface area contributed by atoms with Crippen molar-refractivity contribution in [2.45, 2.75) is 59.4 Å². The van der Waals surface area contributed by atoms with Crippen LogP contribution in [0.2, 0.25) is 0 Å². The summed E-state index contributed by atoms with van der Waals surface area (Å²) in [6.07, 6.45) is 5.06. The van der Waals surface area contributed by atoms with Crippen molar-refractivity contribution in [1.82, 2.24) is 5.32 Å². The molecule has 0 fully saturated rings. The highest BCUT2D eigenvalue weighted by Gasteiger charge is 2.22. The van der Waals surface area contributed by atoms with Crippen LogP contribution in [0.1, 0.15) is 53.4 Å². The zero-order valence-electron chi connectivity index (χ0n) is 11.2.